The van der Waals surface area contributed by atoms with Crippen molar-refractivity contribution in [2.75, 3.05) is 17.2 Å². The third kappa shape index (κ3) is 4.85. The maximum atomic E-state index is 12.9. The molecule has 0 radical (unpaired) electrons. The third-order valence-corrected chi connectivity index (χ3v) is 6.22. The van der Waals surface area contributed by atoms with Crippen molar-refractivity contribution < 1.29 is 18.0 Å². The van der Waals surface area contributed by atoms with E-state index >= 15 is 0 Å². The standard InChI is InChI=1S/C18H25BrN2O4S/c1-5-16(23)21-8-6-12-10-13(19)11-14(17(12)21)26(24,25)9-7-15(22)20-18(2,3)4/h10-11H,5-9H2,1-4H3,(H,20,22). The minimum Gasteiger partial charge on any atom is -0.351 e. The Bertz CT molecular complexity index is 828. The number of benzene rings is 1. The number of rotatable bonds is 5. The predicted octanol–water partition coefficient (Wildman–Crippen LogP) is 2.83. The number of carbonyl (C=O) groups excluding carboxylic acids is 2. The maximum Gasteiger partial charge on any atom is 0.226 e. The highest BCUT2D eigenvalue weighted by Crippen LogP contribution is 2.38. The summed E-state index contributed by atoms with van der Waals surface area (Å²) >= 11 is 3.35. The van der Waals surface area contributed by atoms with Crippen LogP contribution in [0.1, 0.15) is 46.1 Å². The fourth-order valence-corrected chi connectivity index (χ4v) is 5.14. The van der Waals surface area contributed by atoms with Gasteiger partial charge in [0.05, 0.1) is 16.3 Å². The Kier molecular flexibility index (Phi) is 6.17. The minimum atomic E-state index is -3.72. The SMILES string of the molecule is CCC(=O)N1CCc2cc(Br)cc(S(=O)(=O)CCC(=O)NC(C)(C)C)c21. The van der Waals surface area contributed by atoms with Gasteiger partial charge in [0.2, 0.25) is 11.8 Å². The molecule has 0 spiro atoms. The summed E-state index contributed by atoms with van der Waals surface area (Å²) in [5, 5.41) is 2.77. The van der Waals surface area contributed by atoms with Crippen LogP contribution in [0, 0.1) is 0 Å². The summed E-state index contributed by atoms with van der Waals surface area (Å²) < 4.78 is 26.5. The number of carbonyl (C=O) groups is 2. The first kappa shape index (κ1) is 20.9. The number of halogens is 1. The molecule has 1 aliphatic heterocycles. The number of hydrogen-bond acceptors (Lipinski definition) is 4. The molecule has 1 aromatic rings. The van der Waals surface area contributed by atoms with E-state index < -0.39 is 15.4 Å². The number of nitrogens with one attached hydrogen (secondary N) is 1. The van der Waals surface area contributed by atoms with Crippen LogP contribution in [0.5, 0.6) is 0 Å². The Labute approximate surface area is 163 Å². The number of fused-ring (bicyclic) bond motifs is 1. The van der Waals surface area contributed by atoms with E-state index in [-0.39, 0.29) is 28.9 Å². The van der Waals surface area contributed by atoms with Gasteiger partial charge in [-0.3, -0.25) is 9.59 Å². The van der Waals surface area contributed by atoms with E-state index in [4.69, 9.17) is 0 Å². The number of sulfone groups is 1. The first-order valence-corrected chi connectivity index (χ1v) is 11.1. The molecular weight excluding hydrogens is 420 g/mol. The Balaban J connectivity index is 2.33. The molecule has 0 fully saturated rings. The number of nitrogens with zero attached hydrogens (tertiary/aromatic N) is 1. The molecule has 8 heteroatoms. The van der Waals surface area contributed by atoms with Crippen molar-refractivity contribution in [2.24, 2.45) is 0 Å². The summed E-state index contributed by atoms with van der Waals surface area (Å²) in [6.45, 7) is 7.76. The predicted molar refractivity (Wildman–Crippen MR) is 105 cm³/mol. The lowest BCUT2D eigenvalue weighted by Gasteiger charge is -2.21. The Morgan fingerprint density at radius 3 is 2.50 bits per heavy atom. The zero-order valence-electron chi connectivity index (χ0n) is 15.6. The van der Waals surface area contributed by atoms with Gasteiger partial charge in [-0.2, -0.15) is 0 Å². The summed E-state index contributed by atoms with van der Waals surface area (Å²) in [4.78, 5) is 25.9. The quantitative estimate of drug-likeness (QED) is 0.756. The molecule has 144 valence electrons. The largest absolute Gasteiger partial charge is 0.351 e. The van der Waals surface area contributed by atoms with E-state index in [1.165, 1.54) is 6.07 Å². The molecule has 0 aromatic heterocycles. The van der Waals surface area contributed by atoms with E-state index in [0.29, 0.717) is 29.5 Å². The Morgan fingerprint density at radius 2 is 1.92 bits per heavy atom. The average molecular weight is 445 g/mol. The molecule has 0 unspecified atom stereocenters. The van der Waals surface area contributed by atoms with Gasteiger partial charge in [0, 0.05) is 29.4 Å². The van der Waals surface area contributed by atoms with Gasteiger partial charge in [-0.1, -0.05) is 22.9 Å². The molecule has 1 aliphatic rings. The lowest BCUT2D eigenvalue weighted by atomic mass is 10.1. The second-order valence-corrected chi connectivity index (χ2v) is 10.4. The van der Waals surface area contributed by atoms with Crippen molar-refractivity contribution in [3.05, 3.63) is 22.2 Å². The monoisotopic (exact) mass is 444 g/mol. The molecule has 0 saturated heterocycles. The molecule has 2 rings (SSSR count). The molecule has 0 bridgehead atoms. The van der Waals surface area contributed by atoms with Crippen LogP contribution in [-0.2, 0) is 25.8 Å². The van der Waals surface area contributed by atoms with Crippen LogP contribution < -0.4 is 10.2 Å². The Morgan fingerprint density at radius 1 is 1.27 bits per heavy atom. The second kappa shape index (κ2) is 7.68. The van der Waals surface area contributed by atoms with Gasteiger partial charge < -0.3 is 10.2 Å². The van der Waals surface area contributed by atoms with Crippen molar-refractivity contribution in [3.8, 4) is 0 Å². The van der Waals surface area contributed by atoms with E-state index in [1.807, 2.05) is 26.8 Å². The topological polar surface area (TPSA) is 83.6 Å². The van der Waals surface area contributed by atoms with Crippen LogP contribution >= 0.6 is 15.9 Å². The summed E-state index contributed by atoms with van der Waals surface area (Å²) in [7, 11) is -3.72. The van der Waals surface area contributed by atoms with Crippen LogP contribution in [0.2, 0.25) is 0 Å². The zero-order valence-corrected chi connectivity index (χ0v) is 18.0. The maximum absolute atomic E-state index is 12.9. The van der Waals surface area contributed by atoms with Crippen LogP contribution in [0.3, 0.4) is 0 Å². The van der Waals surface area contributed by atoms with Gasteiger partial charge in [0.15, 0.2) is 9.84 Å². The lowest BCUT2D eigenvalue weighted by molar-refractivity contribution is -0.122. The second-order valence-electron chi connectivity index (χ2n) is 7.43. The molecule has 6 nitrogen and oxygen atoms in total. The lowest BCUT2D eigenvalue weighted by Crippen LogP contribution is -2.41. The van der Waals surface area contributed by atoms with Crippen molar-refractivity contribution in [2.45, 2.75) is 57.4 Å². The van der Waals surface area contributed by atoms with Gasteiger partial charge in [0.1, 0.15) is 0 Å². The van der Waals surface area contributed by atoms with Gasteiger partial charge in [-0.25, -0.2) is 8.42 Å². The summed E-state index contributed by atoms with van der Waals surface area (Å²) in [6, 6.07) is 3.38. The fraction of sp³-hybridized carbons (Fsp3) is 0.556. The van der Waals surface area contributed by atoms with Crippen molar-refractivity contribution in [1.82, 2.24) is 5.32 Å². The normalized spacial score (nSPS) is 14.3. The van der Waals surface area contributed by atoms with Crippen LogP contribution in [-0.4, -0.2) is 38.1 Å². The van der Waals surface area contributed by atoms with E-state index in [1.54, 1.807) is 11.8 Å². The first-order valence-electron chi connectivity index (χ1n) is 8.61. The summed E-state index contributed by atoms with van der Waals surface area (Å²) in [5.41, 5.74) is 0.887. The van der Waals surface area contributed by atoms with Crippen LogP contribution in [0.4, 0.5) is 5.69 Å². The number of anilines is 1. The molecule has 0 aliphatic carbocycles. The summed E-state index contributed by atoms with van der Waals surface area (Å²) in [6.07, 6.45) is 0.805. The first-order chi connectivity index (χ1) is 11.9. The van der Waals surface area contributed by atoms with Gasteiger partial charge in [0.25, 0.3) is 0 Å². The van der Waals surface area contributed by atoms with Crippen molar-refractivity contribution in [1.29, 1.82) is 0 Å². The molecular formula is C18H25BrN2O4S. The molecule has 0 saturated carbocycles. The smallest absolute Gasteiger partial charge is 0.226 e. The molecule has 1 heterocycles. The van der Waals surface area contributed by atoms with E-state index in [9.17, 15) is 18.0 Å². The molecule has 1 aromatic carbocycles. The minimum absolute atomic E-state index is 0.104. The van der Waals surface area contributed by atoms with E-state index in [0.717, 1.165) is 5.56 Å². The van der Waals surface area contributed by atoms with Gasteiger partial charge >= 0.3 is 0 Å². The highest BCUT2D eigenvalue weighted by Gasteiger charge is 2.32. The Hall–Kier alpha value is -1.41. The van der Waals surface area contributed by atoms with Crippen molar-refractivity contribution >= 4 is 43.3 Å². The molecule has 0 atom stereocenters. The number of amides is 2. The van der Waals surface area contributed by atoms with Crippen molar-refractivity contribution in [3.63, 3.8) is 0 Å². The van der Waals surface area contributed by atoms with Gasteiger partial charge in [-0.15, -0.1) is 0 Å². The molecule has 1 N–H and O–H groups in total. The third-order valence-electron chi connectivity index (χ3n) is 4.04. The summed E-state index contributed by atoms with van der Waals surface area (Å²) in [5.74, 6) is -0.714. The molecule has 2 amide bonds. The van der Waals surface area contributed by atoms with Crippen LogP contribution in [0.15, 0.2) is 21.5 Å². The van der Waals surface area contributed by atoms with Crippen LogP contribution in [0.25, 0.3) is 0 Å². The highest BCUT2D eigenvalue weighted by molar-refractivity contribution is 9.10. The fourth-order valence-electron chi connectivity index (χ4n) is 2.96. The highest BCUT2D eigenvalue weighted by atomic mass is 79.9. The zero-order chi connectivity index (χ0) is 19.7. The number of hydrogen-bond donors (Lipinski definition) is 1. The average Bonchev–Trinajstić information content (AvgIpc) is 2.93. The molecule has 26 heavy (non-hydrogen) atoms. The van der Waals surface area contributed by atoms with Gasteiger partial charge in [-0.05, 0) is 44.9 Å². The van der Waals surface area contributed by atoms with E-state index in [2.05, 4.69) is 21.2 Å².